The van der Waals surface area contributed by atoms with Gasteiger partial charge in [-0.25, -0.2) is 4.79 Å². The quantitative estimate of drug-likeness (QED) is 0.896. The average molecular weight is 305 g/mol. The number of halogens is 3. The third kappa shape index (κ3) is 5.14. The van der Waals surface area contributed by atoms with E-state index in [9.17, 15) is 18.0 Å². The number of carbonyl (C=O) groups is 1. The maximum atomic E-state index is 12.2. The normalized spacial score (nSPS) is 12.7. The SMILES string of the molecule is CN(CC(O)C(F)(F)F)C(=O)Nc1ccc(N(C)C)cc1. The van der Waals surface area contributed by atoms with E-state index < -0.39 is 24.9 Å². The molecule has 2 N–H and O–H groups in total. The molecule has 1 aromatic carbocycles. The van der Waals surface area contributed by atoms with Gasteiger partial charge in [-0.05, 0) is 24.3 Å². The predicted octanol–water partition coefficient (Wildman–Crippen LogP) is 2.14. The van der Waals surface area contributed by atoms with E-state index in [0.717, 1.165) is 10.6 Å². The van der Waals surface area contributed by atoms with Crippen molar-refractivity contribution in [3.05, 3.63) is 24.3 Å². The van der Waals surface area contributed by atoms with Crippen molar-refractivity contribution < 1.29 is 23.1 Å². The van der Waals surface area contributed by atoms with E-state index in [1.54, 1.807) is 24.3 Å². The highest BCUT2D eigenvalue weighted by Gasteiger charge is 2.39. The third-order valence-electron chi connectivity index (χ3n) is 2.81. The van der Waals surface area contributed by atoms with Crippen LogP contribution in [0.3, 0.4) is 0 Å². The second-order valence-corrected chi connectivity index (χ2v) is 4.81. The van der Waals surface area contributed by atoms with E-state index in [0.29, 0.717) is 5.69 Å². The highest BCUT2D eigenvalue weighted by Crippen LogP contribution is 2.21. The summed E-state index contributed by atoms with van der Waals surface area (Å²) in [6, 6.07) is 6.08. The van der Waals surface area contributed by atoms with Crippen LogP contribution < -0.4 is 10.2 Å². The van der Waals surface area contributed by atoms with Crippen LogP contribution in [0.4, 0.5) is 29.3 Å². The second-order valence-electron chi connectivity index (χ2n) is 4.81. The van der Waals surface area contributed by atoms with Gasteiger partial charge in [0.05, 0.1) is 6.54 Å². The van der Waals surface area contributed by atoms with Crippen molar-refractivity contribution in [2.75, 3.05) is 37.9 Å². The number of amides is 2. The summed E-state index contributed by atoms with van der Waals surface area (Å²) in [5.41, 5.74) is 1.38. The first-order valence-electron chi connectivity index (χ1n) is 6.15. The molecule has 0 aliphatic rings. The summed E-state index contributed by atoms with van der Waals surface area (Å²) in [6.45, 7) is -0.828. The molecule has 118 valence electrons. The number of hydrogen-bond donors (Lipinski definition) is 2. The second kappa shape index (κ2) is 6.66. The summed E-state index contributed by atoms with van der Waals surface area (Å²) in [6.07, 6.45) is -7.31. The van der Waals surface area contributed by atoms with Crippen molar-refractivity contribution in [2.24, 2.45) is 0 Å². The van der Waals surface area contributed by atoms with Gasteiger partial charge in [-0.2, -0.15) is 13.2 Å². The first-order chi connectivity index (χ1) is 9.61. The Morgan fingerprint density at radius 1 is 1.24 bits per heavy atom. The molecule has 0 saturated carbocycles. The Kier molecular flexibility index (Phi) is 5.42. The summed E-state index contributed by atoms with van der Waals surface area (Å²) in [4.78, 5) is 14.4. The van der Waals surface area contributed by atoms with Crippen LogP contribution in [0.25, 0.3) is 0 Å². The van der Waals surface area contributed by atoms with Crippen LogP contribution in [0.5, 0.6) is 0 Å². The number of nitrogens with zero attached hydrogens (tertiary/aromatic N) is 2. The molecule has 0 radical (unpaired) electrons. The highest BCUT2D eigenvalue weighted by atomic mass is 19.4. The maximum Gasteiger partial charge on any atom is 0.416 e. The van der Waals surface area contributed by atoms with Gasteiger partial charge < -0.3 is 20.2 Å². The molecule has 21 heavy (non-hydrogen) atoms. The molecule has 0 fully saturated rings. The first-order valence-corrected chi connectivity index (χ1v) is 6.15. The summed E-state index contributed by atoms with van der Waals surface area (Å²) < 4.78 is 36.6. The molecule has 5 nitrogen and oxygen atoms in total. The summed E-state index contributed by atoms with van der Waals surface area (Å²) in [5.74, 6) is 0. The number of urea groups is 1. The Balaban J connectivity index is 2.60. The summed E-state index contributed by atoms with van der Waals surface area (Å²) in [5, 5.41) is 11.4. The summed E-state index contributed by atoms with van der Waals surface area (Å²) >= 11 is 0. The minimum absolute atomic E-state index is 0.457. The van der Waals surface area contributed by atoms with Gasteiger partial charge in [-0.1, -0.05) is 0 Å². The molecular weight excluding hydrogens is 287 g/mol. The lowest BCUT2D eigenvalue weighted by Gasteiger charge is -2.22. The number of aliphatic hydroxyl groups is 1. The molecule has 1 unspecified atom stereocenters. The minimum Gasteiger partial charge on any atom is -0.382 e. The van der Waals surface area contributed by atoms with Gasteiger partial charge in [0.2, 0.25) is 0 Å². The van der Waals surface area contributed by atoms with Crippen molar-refractivity contribution in [3.8, 4) is 0 Å². The van der Waals surface area contributed by atoms with Crippen LogP contribution in [0.15, 0.2) is 24.3 Å². The van der Waals surface area contributed by atoms with E-state index in [4.69, 9.17) is 5.11 Å². The zero-order chi connectivity index (χ0) is 16.2. The molecule has 2 amide bonds. The van der Waals surface area contributed by atoms with Crippen molar-refractivity contribution >= 4 is 17.4 Å². The molecule has 0 aromatic heterocycles. The fourth-order valence-corrected chi connectivity index (χ4v) is 1.51. The van der Waals surface area contributed by atoms with E-state index in [-0.39, 0.29) is 0 Å². The van der Waals surface area contributed by atoms with Gasteiger partial charge in [0, 0.05) is 32.5 Å². The van der Waals surface area contributed by atoms with Gasteiger partial charge in [-0.15, -0.1) is 0 Å². The van der Waals surface area contributed by atoms with Gasteiger partial charge in [0.25, 0.3) is 0 Å². The Labute approximate surface area is 121 Å². The number of likely N-dealkylation sites (N-methyl/N-ethyl adjacent to an activating group) is 1. The molecule has 1 rings (SSSR count). The van der Waals surface area contributed by atoms with E-state index in [1.165, 1.54) is 7.05 Å². The summed E-state index contributed by atoms with van der Waals surface area (Å²) in [7, 11) is 4.90. The Hall–Kier alpha value is -1.96. The van der Waals surface area contributed by atoms with Crippen LogP contribution in [0, 0.1) is 0 Å². The largest absolute Gasteiger partial charge is 0.416 e. The predicted molar refractivity (Wildman–Crippen MR) is 74.5 cm³/mol. The number of hydrogen-bond acceptors (Lipinski definition) is 3. The average Bonchev–Trinajstić information content (AvgIpc) is 2.37. The van der Waals surface area contributed by atoms with Gasteiger partial charge in [0.1, 0.15) is 0 Å². The van der Waals surface area contributed by atoms with E-state index >= 15 is 0 Å². The number of alkyl halides is 3. The Morgan fingerprint density at radius 2 is 1.76 bits per heavy atom. The Morgan fingerprint density at radius 3 is 2.19 bits per heavy atom. The van der Waals surface area contributed by atoms with Crippen molar-refractivity contribution in [1.29, 1.82) is 0 Å². The topological polar surface area (TPSA) is 55.8 Å². The maximum absolute atomic E-state index is 12.2. The molecular formula is C13H18F3N3O2. The molecule has 8 heteroatoms. The lowest BCUT2D eigenvalue weighted by molar-refractivity contribution is -0.205. The molecule has 0 saturated heterocycles. The van der Waals surface area contributed by atoms with E-state index in [1.807, 2.05) is 19.0 Å². The number of rotatable bonds is 4. The number of anilines is 2. The fraction of sp³-hybridized carbons (Fsp3) is 0.462. The smallest absolute Gasteiger partial charge is 0.382 e. The monoisotopic (exact) mass is 305 g/mol. The van der Waals surface area contributed by atoms with Crippen LogP contribution in [-0.4, -0.2) is 56.0 Å². The lowest BCUT2D eigenvalue weighted by atomic mass is 10.2. The van der Waals surface area contributed by atoms with Crippen LogP contribution in [0.2, 0.25) is 0 Å². The first kappa shape index (κ1) is 17.1. The van der Waals surface area contributed by atoms with Crippen molar-refractivity contribution in [2.45, 2.75) is 12.3 Å². The van der Waals surface area contributed by atoms with Gasteiger partial charge >= 0.3 is 12.2 Å². The van der Waals surface area contributed by atoms with Gasteiger partial charge in [-0.3, -0.25) is 0 Å². The van der Waals surface area contributed by atoms with Gasteiger partial charge in [0.15, 0.2) is 6.10 Å². The third-order valence-corrected chi connectivity index (χ3v) is 2.81. The molecule has 0 heterocycles. The Bertz CT molecular complexity index is 475. The molecule has 0 bridgehead atoms. The number of carbonyl (C=O) groups excluding carboxylic acids is 1. The molecule has 1 atom stereocenters. The molecule has 0 aliphatic carbocycles. The number of aliphatic hydroxyl groups excluding tert-OH is 1. The number of nitrogens with one attached hydrogen (secondary N) is 1. The lowest BCUT2D eigenvalue weighted by Crippen LogP contribution is -2.43. The molecule has 0 spiro atoms. The van der Waals surface area contributed by atoms with Crippen LogP contribution in [-0.2, 0) is 0 Å². The molecule has 0 aliphatic heterocycles. The molecule has 1 aromatic rings. The van der Waals surface area contributed by atoms with Crippen molar-refractivity contribution in [3.63, 3.8) is 0 Å². The number of benzene rings is 1. The zero-order valence-corrected chi connectivity index (χ0v) is 12.0. The van der Waals surface area contributed by atoms with Crippen LogP contribution >= 0.6 is 0 Å². The van der Waals surface area contributed by atoms with Crippen LogP contribution in [0.1, 0.15) is 0 Å². The zero-order valence-electron chi connectivity index (χ0n) is 12.0. The minimum atomic E-state index is -4.75. The standard InChI is InChI=1S/C13H18F3N3O2/c1-18(2)10-6-4-9(5-7-10)17-12(21)19(3)8-11(20)13(14,15)16/h4-7,11,20H,8H2,1-3H3,(H,17,21). The highest BCUT2D eigenvalue weighted by molar-refractivity contribution is 5.89. The van der Waals surface area contributed by atoms with E-state index in [2.05, 4.69) is 5.32 Å². The van der Waals surface area contributed by atoms with Crippen molar-refractivity contribution in [1.82, 2.24) is 4.90 Å². The fourth-order valence-electron chi connectivity index (χ4n) is 1.51.